The molecule has 0 aromatic heterocycles. The van der Waals surface area contributed by atoms with Gasteiger partial charge in [-0.2, -0.15) is 0 Å². The zero-order chi connectivity index (χ0) is 12.3. The maximum atomic E-state index is 11.7. The Labute approximate surface area is 93.1 Å². The summed E-state index contributed by atoms with van der Waals surface area (Å²) >= 11 is 0. The minimum absolute atomic E-state index is 0.0921. The molecule has 0 fully saturated rings. The lowest BCUT2D eigenvalue weighted by Crippen LogP contribution is -2.25. The lowest BCUT2D eigenvalue weighted by molar-refractivity contribution is -0.0258. The van der Waals surface area contributed by atoms with E-state index in [1.54, 1.807) is 0 Å². The molecule has 0 aliphatic heterocycles. The van der Waals surface area contributed by atoms with Crippen molar-refractivity contribution >= 4 is 16.0 Å². The molecule has 0 saturated heterocycles. The number of rotatable bonds is 4. The van der Waals surface area contributed by atoms with Crippen LogP contribution in [0.3, 0.4) is 0 Å². The molecule has 1 aromatic carbocycles. The van der Waals surface area contributed by atoms with Gasteiger partial charge in [0.1, 0.15) is 0 Å². The van der Waals surface area contributed by atoms with Gasteiger partial charge in [0.2, 0.25) is 0 Å². The first-order valence-electron chi connectivity index (χ1n) is 4.26. The van der Waals surface area contributed by atoms with E-state index in [0.717, 1.165) is 6.07 Å². The third-order valence-corrected chi connectivity index (χ3v) is 3.65. The molecule has 0 atom stereocenters. The molecule has 0 aliphatic carbocycles. The number of aromatic carboxylic acids is 1. The second-order valence-electron chi connectivity index (χ2n) is 2.93. The first kappa shape index (κ1) is 12.6. The highest BCUT2D eigenvalue weighted by Gasteiger charge is 2.21. The Bertz CT molecular complexity index is 496. The normalized spacial score (nSPS) is 11.7. The fraction of sp³-hybridized carbons (Fsp3) is 0.222. The first-order chi connectivity index (χ1) is 7.39. The van der Waals surface area contributed by atoms with Gasteiger partial charge in [-0.1, -0.05) is 10.5 Å². The van der Waals surface area contributed by atoms with Gasteiger partial charge >= 0.3 is 5.97 Å². The number of carboxylic acids is 1. The SMILES string of the molecule is CON(C)S(=O)(=O)c1cccc(C(=O)O)c1. The summed E-state index contributed by atoms with van der Waals surface area (Å²) in [6, 6.07) is 5.05. The lowest BCUT2D eigenvalue weighted by atomic mass is 10.2. The van der Waals surface area contributed by atoms with E-state index in [2.05, 4.69) is 4.84 Å². The van der Waals surface area contributed by atoms with Crippen molar-refractivity contribution in [3.63, 3.8) is 0 Å². The summed E-state index contributed by atoms with van der Waals surface area (Å²) in [7, 11) is -1.37. The van der Waals surface area contributed by atoms with Crippen LogP contribution in [0.15, 0.2) is 29.2 Å². The van der Waals surface area contributed by atoms with Gasteiger partial charge in [0.05, 0.1) is 17.6 Å². The third-order valence-electron chi connectivity index (χ3n) is 1.97. The average molecular weight is 245 g/mol. The smallest absolute Gasteiger partial charge is 0.335 e. The molecule has 6 nitrogen and oxygen atoms in total. The van der Waals surface area contributed by atoms with Crippen molar-refractivity contribution in [2.24, 2.45) is 0 Å². The average Bonchev–Trinajstić information content (AvgIpc) is 2.28. The van der Waals surface area contributed by atoms with Gasteiger partial charge in [-0.3, -0.25) is 4.84 Å². The number of hydrogen-bond donors (Lipinski definition) is 1. The van der Waals surface area contributed by atoms with Crippen molar-refractivity contribution in [3.05, 3.63) is 29.8 Å². The summed E-state index contributed by atoms with van der Waals surface area (Å²) in [6.45, 7) is 0. The van der Waals surface area contributed by atoms with E-state index < -0.39 is 16.0 Å². The number of hydroxylamine groups is 1. The van der Waals surface area contributed by atoms with Gasteiger partial charge in [0, 0.05) is 7.05 Å². The lowest BCUT2D eigenvalue weighted by Gasteiger charge is -2.14. The Morgan fingerprint density at radius 1 is 1.44 bits per heavy atom. The molecule has 1 N–H and O–H groups in total. The molecule has 0 spiro atoms. The molecule has 16 heavy (non-hydrogen) atoms. The summed E-state index contributed by atoms with van der Waals surface area (Å²) in [4.78, 5) is 15.1. The van der Waals surface area contributed by atoms with Gasteiger partial charge in [0.25, 0.3) is 10.0 Å². The van der Waals surface area contributed by atoms with Crippen LogP contribution in [-0.4, -0.2) is 38.1 Å². The molecule has 1 rings (SSSR count). The Morgan fingerprint density at radius 2 is 2.06 bits per heavy atom. The van der Waals surface area contributed by atoms with E-state index in [1.165, 1.54) is 32.4 Å². The molecule has 0 unspecified atom stereocenters. The molecule has 7 heteroatoms. The van der Waals surface area contributed by atoms with Crippen LogP contribution in [0.1, 0.15) is 10.4 Å². The maximum Gasteiger partial charge on any atom is 0.335 e. The zero-order valence-electron chi connectivity index (χ0n) is 8.75. The molecule has 0 bridgehead atoms. The Balaban J connectivity index is 3.24. The molecule has 0 amide bonds. The van der Waals surface area contributed by atoms with Crippen LogP contribution in [0.25, 0.3) is 0 Å². The topological polar surface area (TPSA) is 83.9 Å². The van der Waals surface area contributed by atoms with Gasteiger partial charge in [-0.05, 0) is 18.2 Å². The number of carbonyl (C=O) groups is 1. The van der Waals surface area contributed by atoms with Crippen molar-refractivity contribution in [1.82, 2.24) is 4.47 Å². The van der Waals surface area contributed by atoms with Crippen LogP contribution < -0.4 is 0 Å². The zero-order valence-corrected chi connectivity index (χ0v) is 9.56. The largest absolute Gasteiger partial charge is 0.478 e. The van der Waals surface area contributed by atoms with Crippen molar-refractivity contribution in [3.8, 4) is 0 Å². The Morgan fingerprint density at radius 3 is 2.56 bits per heavy atom. The predicted octanol–water partition coefficient (Wildman–Crippen LogP) is 0.567. The van der Waals surface area contributed by atoms with Crippen molar-refractivity contribution < 1.29 is 23.2 Å². The molecule has 0 aliphatic rings. The van der Waals surface area contributed by atoms with Crippen molar-refractivity contribution in [1.29, 1.82) is 0 Å². The molecule has 88 valence electrons. The highest BCUT2D eigenvalue weighted by Crippen LogP contribution is 2.15. The second-order valence-corrected chi connectivity index (χ2v) is 4.87. The number of hydrogen-bond acceptors (Lipinski definition) is 4. The summed E-state index contributed by atoms with van der Waals surface area (Å²) in [5, 5.41) is 8.73. The molecule has 1 aromatic rings. The molecule has 0 radical (unpaired) electrons. The number of sulfonamides is 1. The van der Waals surface area contributed by atoms with Crippen LogP contribution in [0, 0.1) is 0 Å². The highest BCUT2D eigenvalue weighted by molar-refractivity contribution is 7.89. The monoisotopic (exact) mass is 245 g/mol. The predicted molar refractivity (Wildman–Crippen MR) is 55.4 cm³/mol. The maximum absolute atomic E-state index is 11.7. The fourth-order valence-electron chi connectivity index (χ4n) is 1.04. The highest BCUT2D eigenvalue weighted by atomic mass is 32.2. The standard InChI is InChI=1S/C9H11NO5S/c1-10(15-2)16(13,14)8-5-3-4-7(6-8)9(11)12/h3-6H,1-2H3,(H,11,12). The van der Waals surface area contributed by atoms with Crippen LogP contribution in [0.4, 0.5) is 0 Å². The van der Waals surface area contributed by atoms with Crippen LogP contribution in [0.5, 0.6) is 0 Å². The summed E-state index contributed by atoms with van der Waals surface area (Å²) in [5.41, 5.74) is -0.0921. The van der Waals surface area contributed by atoms with E-state index >= 15 is 0 Å². The van der Waals surface area contributed by atoms with E-state index in [4.69, 9.17) is 5.11 Å². The van der Waals surface area contributed by atoms with E-state index in [-0.39, 0.29) is 10.5 Å². The number of nitrogens with zero attached hydrogens (tertiary/aromatic N) is 1. The quantitative estimate of drug-likeness (QED) is 0.784. The Kier molecular flexibility index (Phi) is 3.63. The summed E-state index contributed by atoms with van der Waals surface area (Å²) in [6.07, 6.45) is 0. The van der Waals surface area contributed by atoms with Gasteiger partial charge < -0.3 is 5.11 Å². The minimum atomic E-state index is -3.80. The van der Waals surface area contributed by atoms with Crippen LogP contribution >= 0.6 is 0 Å². The third kappa shape index (κ3) is 2.38. The first-order valence-corrected chi connectivity index (χ1v) is 5.70. The fourth-order valence-corrected chi connectivity index (χ4v) is 2.06. The number of carboxylic acid groups (broad SMARTS) is 1. The van der Waals surface area contributed by atoms with E-state index in [0.29, 0.717) is 4.47 Å². The number of benzene rings is 1. The second kappa shape index (κ2) is 4.60. The van der Waals surface area contributed by atoms with E-state index in [1.807, 2.05) is 0 Å². The van der Waals surface area contributed by atoms with Crippen LogP contribution in [-0.2, 0) is 14.9 Å². The van der Waals surface area contributed by atoms with Gasteiger partial charge in [0.15, 0.2) is 0 Å². The van der Waals surface area contributed by atoms with Crippen molar-refractivity contribution in [2.45, 2.75) is 4.90 Å². The molecule has 0 saturated carbocycles. The molecular weight excluding hydrogens is 234 g/mol. The Hall–Kier alpha value is -1.44. The summed E-state index contributed by atoms with van der Waals surface area (Å²) in [5.74, 6) is -1.18. The van der Waals surface area contributed by atoms with Gasteiger partial charge in [-0.25, -0.2) is 13.2 Å². The van der Waals surface area contributed by atoms with Gasteiger partial charge in [-0.15, -0.1) is 0 Å². The van der Waals surface area contributed by atoms with Crippen molar-refractivity contribution in [2.75, 3.05) is 14.2 Å². The van der Waals surface area contributed by atoms with Crippen LogP contribution in [0.2, 0.25) is 0 Å². The molecule has 0 heterocycles. The molecular formula is C9H11NO5S. The minimum Gasteiger partial charge on any atom is -0.478 e. The summed E-state index contributed by atoms with van der Waals surface area (Å²) < 4.78 is 24.2. The van der Waals surface area contributed by atoms with E-state index in [9.17, 15) is 13.2 Å².